The summed E-state index contributed by atoms with van der Waals surface area (Å²) in [7, 11) is 0. The average Bonchev–Trinajstić information content (AvgIpc) is 3.27. The molecule has 8 nitrogen and oxygen atoms in total. The van der Waals surface area contributed by atoms with Crippen LogP contribution in [0.1, 0.15) is 22.8 Å². The molecular formula is C15H10N6O2S. The molecule has 3 rings (SSSR count). The Labute approximate surface area is 140 Å². The number of carbonyl (C=O) groups is 1. The van der Waals surface area contributed by atoms with Gasteiger partial charge in [0.1, 0.15) is 17.9 Å². The number of aromatic nitrogens is 3. The lowest BCUT2D eigenvalue weighted by atomic mass is 10.2. The number of carbonyl (C=O) groups excluding carboxylic acids is 1. The molecule has 0 fully saturated rings. The van der Waals surface area contributed by atoms with Crippen LogP contribution in [0.3, 0.4) is 0 Å². The predicted molar refractivity (Wildman–Crippen MR) is 84.9 cm³/mol. The second-order valence-corrected chi connectivity index (χ2v) is 5.70. The molecule has 2 N–H and O–H groups in total. The number of aryl methyl sites for hydroxylation is 1. The van der Waals surface area contributed by atoms with Crippen molar-refractivity contribution in [3.8, 4) is 22.9 Å². The van der Waals surface area contributed by atoms with Crippen LogP contribution in [-0.2, 0) is 11.2 Å². The van der Waals surface area contributed by atoms with Crippen LogP contribution in [0.15, 0.2) is 21.9 Å². The fourth-order valence-electron chi connectivity index (χ4n) is 2.02. The summed E-state index contributed by atoms with van der Waals surface area (Å²) < 4.78 is 5.58. The molecule has 0 aromatic carbocycles. The van der Waals surface area contributed by atoms with Gasteiger partial charge in [-0.1, -0.05) is 6.07 Å². The Balaban J connectivity index is 1.73. The monoisotopic (exact) mass is 338 g/mol. The van der Waals surface area contributed by atoms with Gasteiger partial charge in [0, 0.05) is 0 Å². The molecule has 0 aliphatic heterocycles. The topological polar surface area (TPSA) is 131 Å². The van der Waals surface area contributed by atoms with Crippen LogP contribution in [0, 0.1) is 29.6 Å². The minimum absolute atomic E-state index is 0.00500. The van der Waals surface area contributed by atoms with Crippen molar-refractivity contribution in [2.75, 3.05) is 5.32 Å². The van der Waals surface area contributed by atoms with E-state index in [1.165, 1.54) is 11.3 Å². The number of imidazole rings is 1. The number of anilines is 1. The molecule has 3 heterocycles. The van der Waals surface area contributed by atoms with Gasteiger partial charge in [-0.15, -0.1) is 11.3 Å². The molecule has 1 amide bonds. The van der Waals surface area contributed by atoms with E-state index >= 15 is 0 Å². The number of hydrogen-bond donors (Lipinski definition) is 2. The maximum Gasteiger partial charge on any atom is 0.236 e. The minimum atomic E-state index is -0.383. The molecule has 0 unspecified atom stereocenters. The molecule has 3 aromatic heterocycles. The van der Waals surface area contributed by atoms with Crippen LogP contribution in [0.5, 0.6) is 0 Å². The van der Waals surface area contributed by atoms with Crippen LogP contribution >= 0.6 is 11.3 Å². The molecular weight excluding hydrogens is 328 g/mol. The highest BCUT2D eigenvalue weighted by molar-refractivity contribution is 7.13. The largest absolute Gasteiger partial charge is 0.440 e. The van der Waals surface area contributed by atoms with E-state index in [2.05, 4.69) is 20.3 Å². The number of aromatic amines is 1. The van der Waals surface area contributed by atoms with Crippen molar-refractivity contribution in [3.63, 3.8) is 0 Å². The first kappa shape index (κ1) is 15.5. The Morgan fingerprint density at radius 1 is 1.42 bits per heavy atom. The molecule has 118 valence electrons. The maximum absolute atomic E-state index is 12.1. The summed E-state index contributed by atoms with van der Waals surface area (Å²) >= 11 is 1.50. The zero-order valence-corrected chi connectivity index (χ0v) is 13.3. The summed E-state index contributed by atoms with van der Waals surface area (Å²) in [5, 5.41) is 22.1. The third-order valence-corrected chi connectivity index (χ3v) is 3.99. The average molecular weight is 338 g/mol. The second-order valence-electron chi connectivity index (χ2n) is 4.76. The van der Waals surface area contributed by atoms with Crippen LogP contribution in [0.25, 0.3) is 10.8 Å². The summed E-state index contributed by atoms with van der Waals surface area (Å²) in [6.45, 7) is 1.74. The molecule has 0 radical (unpaired) electrons. The third-order valence-electron chi connectivity index (χ3n) is 3.13. The van der Waals surface area contributed by atoms with E-state index in [0.717, 1.165) is 4.88 Å². The number of nitrogens with one attached hydrogen (secondary N) is 2. The van der Waals surface area contributed by atoms with Gasteiger partial charge in [-0.05, 0) is 18.4 Å². The first-order valence-electron chi connectivity index (χ1n) is 6.81. The number of thiophene rings is 1. The summed E-state index contributed by atoms with van der Waals surface area (Å²) in [6, 6.07) is 7.35. The van der Waals surface area contributed by atoms with Gasteiger partial charge in [0.25, 0.3) is 0 Å². The molecule has 9 heteroatoms. The molecule has 0 bridgehead atoms. The molecule has 0 aliphatic rings. The van der Waals surface area contributed by atoms with E-state index < -0.39 is 0 Å². The first-order chi connectivity index (χ1) is 11.6. The highest BCUT2D eigenvalue weighted by atomic mass is 32.1. The Hall–Kier alpha value is -3.43. The SMILES string of the molecule is Cc1oc(-c2cccs2)nc1CC(=O)Nc1nc(C#N)c(C#N)[nH]1. The quantitative estimate of drug-likeness (QED) is 0.750. The highest BCUT2D eigenvalue weighted by Crippen LogP contribution is 2.26. The third kappa shape index (κ3) is 3.02. The number of rotatable bonds is 4. The number of hydrogen-bond acceptors (Lipinski definition) is 7. The number of nitriles is 2. The van der Waals surface area contributed by atoms with Crippen molar-refractivity contribution >= 4 is 23.2 Å². The molecule has 0 saturated carbocycles. The van der Waals surface area contributed by atoms with Crippen molar-refractivity contribution in [1.82, 2.24) is 15.0 Å². The molecule has 0 spiro atoms. The zero-order chi connectivity index (χ0) is 17.1. The smallest absolute Gasteiger partial charge is 0.236 e. The van der Waals surface area contributed by atoms with E-state index in [0.29, 0.717) is 17.3 Å². The van der Waals surface area contributed by atoms with Gasteiger partial charge in [0.05, 0.1) is 17.0 Å². The highest BCUT2D eigenvalue weighted by Gasteiger charge is 2.17. The summed E-state index contributed by atoms with van der Waals surface area (Å²) in [5.41, 5.74) is 0.458. The van der Waals surface area contributed by atoms with Crippen LogP contribution < -0.4 is 5.32 Å². The normalized spacial score (nSPS) is 10.1. The van der Waals surface area contributed by atoms with E-state index in [-0.39, 0.29) is 29.7 Å². The van der Waals surface area contributed by atoms with Gasteiger partial charge < -0.3 is 9.40 Å². The van der Waals surface area contributed by atoms with Crippen molar-refractivity contribution in [1.29, 1.82) is 10.5 Å². The van der Waals surface area contributed by atoms with Crippen molar-refractivity contribution in [2.45, 2.75) is 13.3 Å². The minimum Gasteiger partial charge on any atom is -0.440 e. The number of amides is 1. The standard InChI is InChI=1S/C15H10N6O2S/c1-8-9(18-14(23-8)12-3-2-4-24-12)5-13(22)21-15-19-10(6-16)11(7-17)20-15/h2-4H,5H2,1H3,(H2,19,20,21,22). The van der Waals surface area contributed by atoms with Gasteiger partial charge >= 0.3 is 0 Å². The van der Waals surface area contributed by atoms with Crippen molar-refractivity contribution in [3.05, 3.63) is 40.4 Å². The lowest BCUT2D eigenvalue weighted by molar-refractivity contribution is -0.115. The molecule has 24 heavy (non-hydrogen) atoms. The van der Waals surface area contributed by atoms with Gasteiger partial charge in [0.15, 0.2) is 11.4 Å². The van der Waals surface area contributed by atoms with Gasteiger partial charge in [-0.25, -0.2) is 9.97 Å². The van der Waals surface area contributed by atoms with Crippen LogP contribution in [-0.4, -0.2) is 20.9 Å². The Kier molecular flexibility index (Phi) is 4.10. The van der Waals surface area contributed by atoms with E-state index in [9.17, 15) is 4.79 Å². The fraction of sp³-hybridized carbons (Fsp3) is 0.133. The Morgan fingerprint density at radius 3 is 2.88 bits per heavy atom. The zero-order valence-electron chi connectivity index (χ0n) is 12.5. The van der Waals surface area contributed by atoms with Gasteiger partial charge in [-0.2, -0.15) is 10.5 Å². The summed E-state index contributed by atoms with van der Waals surface area (Å²) in [6.07, 6.45) is -0.00875. The lowest BCUT2D eigenvalue weighted by Crippen LogP contribution is -2.16. The first-order valence-corrected chi connectivity index (χ1v) is 7.69. The van der Waals surface area contributed by atoms with E-state index in [1.54, 1.807) is 19.1 Å². The van der Waals surface area contributed by atoms with Crippen LogP contribution in [0.2, 0.25) is 0 Å². The molecule has 0 atom stereocenters. The molecule has 0 aliphatic carbocycles. The Morgan fingerprint density at radius 2 is 2.25 bits per heavy atom. The van der Waals surface area contributed by atoms with Crippen molar-refractivity contribution in [2.24, 2.45) is 0 Å². The number of nitrogens with zero attached hydrogens (tertiary/aromatic N) is 4. The number of H-pyrrole nitrogens is 1. The predicted octanol–water partition coefficient (Wildman–Crippen LogP) is 2.36. The summed E-state index contributed by atoms with van der Waals surface area (Å²) in [4.78, 5) is 23.7. The van der Waals surface area contributed by atoms with Crippen molar-refractivity contribution < 1.29 is 9.21 Å². The van der Waals surface area contributed by atoms with Gasteiger partial charge in [0.2, 0.25) is 17.7 Å². The summed E-state index contributed by atoms with van der Waals surface area (Å²) in [5.74, 6) is 0.699. The molecule has 0 saturated heterocycles. The number of oxazole rings is 1. The van der Waals surface area contributed by atoms with Gasteiger partial charge in [-0.3, -0.25) is 10.1 Å². The van der Waals surface area contributed by atoms with Crippen LogP contribution in [0.4, 0.5) is 5.95 Å². The molecule has 3 aromatic rings. The van der Waals surface area contributed by atoms with E-state index in [4.69, 9.17) is 14.9 Å². The maximum atomic E-state index is 12.1. The van der Waals surface area contributed by atoms with E-state index in [1.807, 2.05) is 17.5 Å². The lowest BCUT2D eigenvalue weighted by Gasteiger charge is -1.99. The Bertz CT molecular complexity index is 939. The fourth-order valence-corrected chi connectivity index (χ4v) is 2.67. The second kappa shape index (κ2) is 6.36.